The molecule has 0 aromatic heterocycles. The summed E-state index contributed by atoms with van der Waals surface area (Å²) in [5.41, 5.74) is 0. The molecular weight excluding hydrogens is 152 g/mol. The molecule has 70 valence electrons. The zero-order chi connectivity index (χ0) is 8.81. The lowest BCUT2D eigenvalue weighted by Crippen LogP contribution is -2.15. The summed E-state index contributed by atoms with van der Waals surface area (Å²) < 4.78 is 5.19. The second-order valence-electron chi connectivity index (χ2n) is 3.61. The predicted molar refractivity (Wildman–Crippen MR) is 47.9 cm³/mol. The summed E-state index contributed by atoms with van der Waals surface area (Å²) >= 11 is 0. The normalized spacial score (nSPS) is 27.8. The third-order valence-corrected chi connectivity index (χ3v) is 2.32. The van der Waals surface area contributed by atoms with Gasteiger partial charge in [-0.1, -0.05) is 19.3 Å². The molecule has 1 saturated heterocycles. The van der Waals surface area contributed by atoms with E-state index >= 15 is 0 Å². The molecule has 1 atom stereocenters. The topological polar surface area (TPSA) is 26.3 Å². The SMILES string of the molecule is C[C@H]1CCCCCCCC(=O)O1. The van der Waals surface area contributed by atoms with Gasteiger partial charge in [-0.05, 0) is 26.2 Å². The van der Waals surface area contributed by atoms with Gasteiger partial charge in [-0.25, -0.2) is 0 Å². The van der Waals surface area contributed by atoms with Crippen molar-refractivity contribution >= 4 is 5.97 Å². The number of cyclic esters (lactones) is 1. The first-order valence-corrected chi connectivity index (χ1v) is 4.98. The first-order valence-electron chi connectivity index (χ1n) is 4.98. The molecule has 0 N–H and O–H groups in total. The van der Waals surface area contributed by atoms with Gasteiger partial charge in [-0.15, -0.1) is 0 Å². The van der Waals surface area contributed by atoms with E-state index in [1.807, 2.05) is 6.92 Å². The van der Waals surface area contributed by atoms with Crippen molar-refractivity contribution in [2.24, 2.45) is 0 Å². The number of carbonyl (C=O) groups is 1. The van der Waals surface area contributed by atoms with E-state index < -0.39 is 0 Å². The van der Waals surface area contributed by atoms with Crippen LogP contribution in [0.4, 0.5) is 0 Å². The van der Waals surface area contributed by atoms with Gasteiger partial charge in [0.25, 0.3) is 0 Å². The van der Waals surface area contributed by atoms with E-state index in [1.165, 1.54) is 25.7 Å². The highest BCUT2D eigenvalue weighted by Gasteiger charge is 2.10. The highest BCUT2D eigenvalue weighted by atomic mass is 16.5. The maximum absolute atomic E-state index is 11.1. The van der Waals surface area contributed by atoms with Gasteiger partial charge < -0.3 is 4.74 Å². The van der Waals surface area contributed by atoms with Crippen molar-refractivity contribution in [1.29, 1.82) is 0 Å². The van der Waals surface area contributed by atoms with E-state index in [2.05, 4.69) is 0 Å². The van der Waals surface area contributed by atoms with Crippen molar-refractivity contribution in [1.82, 2.24) is 0 Å². The molecule has 0 spiro atoms. The average Bonchev–Trinajstić information content (AvgIpc) is 2.02. The van der Waals surface area contributed by atoms with Crippen molar-refractivity contribution in [3.05, 3.63) is 0 Å². The zero-order valence-corrected chi connectivity index (χ0v) is 7.84. The van der Waals surface area contributed by atoms with E-state index in [9.17, 15) is 4.79 Å². The van der Waals surface area contributed by atoms with Gasteiger partial charge in [0.2, 0.25) is 0 Å². The molecule has 0 aliphatic carbocycles. The Balaban J connectivity index is 2.29. The number of hydrogen-bond donors (Lipinski definition) is 0. The Hall–Kier alpha value is -0.530. The Labute approximate surface area is 74.3 Å². The minimum Gasteiger partial charge on any atom is -0.463 e. The van der Waals surface area contributed by atoms with Crippen LogP contribution in [0, 0.1) is 0 Å². The van der Waals surface area contributed by atoms with Crippen LogP contribution in [-0.2, 0) is 9.53 Å². The lowest BCUT2D eigenvalue weighted by atomic mass is 10.1. The first-order chi connectivity index (χ1) is 5.79. The molecule has 0 amide bonds. The van der Waals surface area contributed by atoms with Crippen molar-refractivity contribution in [2.75, 3.05) is 0 Å². The van der Waals surface area contributed by atoms with Crippen LogP contribution >= 0.6 is 0 Å². The maximum atomic E-state index is 11.1. The molecule has 0 aromatic rings. The number of carbonyl (C=O) groups excluding carboxylic acids is 1. The lowest BCUT2D eigenvalue weighted by molar-refractivity contribution is -0.148. The fourth-order valence-electron chi connectivity index (χ4n) is 1.57. The van der Waals surface area contributed by atoms with Crippen LogP contribution in [0.15, 0.2) is 0 Å². The van der Waals surface area contributed by atoms with Gasteiger partial charge in [0.15, 0.2) is 0 Å². The van der Waals surface area contributed by atoms with Crippen LogP contribution < -0.4 is 0 Å². The summed E-state index contributed by atoms with van der Waals surface area (Å²) in [5, 5.41) is 0. The molecule has 2 nitrogen and oxygen atoms in total. The van der Waals surface area contributed by atoms with Crippen molar-refractivity contribution < 1.29 is 9.53 Å². The second-order valence-corrected chi connectivity index (χ2v) is 3.61. The molecule has 1 aliphatic heterocycles. The number of ether oxygens (including phenoxy) is 1. The Morgan fingerprint density at radius 3 is 2.67 bits per heavy atom. The van der Waals surface area contributed by atoms with Crippen LogP contribution in [0.3, 0.4) is 0 Å². The number of rotatable bonds is 0. The van der Waals surface area contributed by atoms with Gasteiger partial charge in [0.1, 0.15) is 0 Å². The van der Waals surface area contributed by atoms with E-state index in [4.69, 9.17) is 4.74 Å². The number of hydrogen-bond acceptors (Lipinski definition) is 2. The molecule has 0 aromatic carbocycles. The van der Waals surface area contributed by atoms with Crippen LogP contribution in [0.25, 0.3) is 0 Å². The van der Waals surface area contributed by atoms with Gasteiger partial charge in [-0.2, -0.15) is 0 Å². The molecule has 1 aliphatic rings. The molecule has 0 radical (unpaired) electrons. The van der Waals surface area contributed by atoms with Crippen LogP contribution in [0.1, 0.15) is 51.9 Å². The summed E-state index contributed by atoms with van der Waals surface area (Å²) in [5.74, 6) is -0.00981. The second kappa shape index (κ2) is 5.18. The van der Waals surface area contributed by atoms with Crippen LogP contribution in [0.2, 0.25) is 0 Å². The van der Waals surface area contributed by atoms with E-state index in [0.717, 1.165) is 12.8 Å². The Morgan fingerprint density at radius 2 is 1.83 bits per heavy atom. The maximum Gasteiger partial charge on any atom is 0.306 e. The van der Waals surface area contributed by atoms with Crippen molar-refractivity contribution in [3.63, 3.8) is 0 Å². The summed E-state index contributed by atoms with van der Waals surface area (Å²) in [7, 11) is 0. The zero-order valence-electron chi connectivity index (χ0n) is 7.84. The fourth-order valence-corrected chi connectivity index (χ4v) is 1.57. The monoisotopic (exact) mass is 170 g/mol. The van der Waals surface area contributed by atoms with Gasteiger partial charge in [-0.3, -0.25) is 4.79 Å². The average molecular weight is 170 g/mol. The molecule has 1 heterocycles. The molecule has 0 saturated carbocycles. The third-order valence-electron chi connectivity index (χ3n) is 2.32. The summed E-state index contributed by atoms with van der Waals surface area (Å²) in [4.78, 5) is 11.1. The van der Waals surface area contributed by atoms with E-state index in [-0.39, 0.29) is 12.1 Å². The Kier molecular flexibility index (Phi) is 4.12. The van der Waals surface area contributed by atoms with Gasteiger partial charge in [0, 0.05) is 6.42 Å². The molecule has 1 fully saturated rings. The lowest BCUT2D eigenvalue weighted by Gasteiger charge is -2.14. The molecule has 0 bridgehead atoms. The standard InChI is InChI=1S/C10H18O2/c1-9-7-5-3-2-4-6-8-10(11)12-9/h9H,2-8H2,1H3/t9-/m0/s1. The van der Waals surface area contributed by atoms with Crippen molar-refractivity contribution in [2.45, 2.75) is 58.0 Å². The highest BCUT2D eigenvalue weighted by Crippen LogP contribution is 2.13. The Bertz CT molecular complexity index is 143. The smallest absolute Gasteiger partial charge is 0.306 e. The molecule has 0 unspecified atom stereocenters. The highest BCUT2D eigenvalue weighted by molar-refractivity contribution is 5.69. The summed E-state index contributed by atoms with van der Waals surface area (Å²) in [6, 6.07) is 0. The largest absolute Gasteiger partial charge is 0.463 e. The number of esters is 1. The predicted octanol–water partition coefficient (Wildman–Crippen LogP) is 2.66. The third kappa shape index (κ3) is 3.74. The van der Waals surface area contributed by atoms with E-state index in [0.29, 0.717) is 6.42 Å². The van der Waals surface area contributed by atoms with Gasteiger partial charge >= 0.3 is 5.97 Å². The minimum absolute atomic E-state index is 0.00981. The quantitative estimate of drug-likeness (QED) is 0.522. The Morgan fingerprint density at radius 1 is 1.17 bits per heavy atom. The molecule has 1 rings (SSSR count). The van der Waals surface area contributed by atoms with Crippen molar-refractivity contribution in [3.8, 4) is 0 Å². The molecular formula is C10H18O2. The molecule has 2 heteroatoms. The minimum atomic E-state index is -0.00981. The van der Waals surface area contributed by atoms with Gasteiger partial charge in [0.05, 0.1) is 6.10 Å². The van der Waals surface area contributed by atoms with Crippen LogP contribution in [0.5, 0.6) is 0 Å². The van der Waals surface area contributed by atoms with Crippen LogP contribution in [-0.4, -0.2) is 12.1 Å². The molecule has 12 heavy (non-hydrogen) atoms. The van der Waals surface area contributed by atoms with E-state index in [1.54, 1.807) is 0 Å². The summed E-state index contributed by atoms with van der Waals surface area (Å²) in [6.45, 7) is 1.99. The fraction of sp³-hybridized carbons (Fsp3) is 0.900. The first kappa shape index (κ1) is 9.56. The summed E-state index contributed by atoms with van der Waals surface area (Å²) in [6.07, 6.45) is 7.75.